The van der Waals surface area contributed by atoms with Crippen LogP contribution in [0.3, 0.4) is 0 Å². The SMILES string of the molecule is O=C(Cn1ccccc1=O)NC[C@H]1Cc2ccccc2O1. The molecule has 0 bridgehead atoms. The van der Waals surface area contributed by atoms with Crippen LogP contribution in [0.4, 0.5) is 0 Å². The smallest absolute Gasteiger partial charge is 0.250 e. The van der Waals surface area contributed by atoms with Gasteiger partial charge in [-0.2, -0.15) is 0 Å². The molecule has 1 aromatic carbocycles. The standard InChI is InChI=1S/C16H16N2O3/c19-15(11-18-8-4-3-7-16(18)20)17-10-13-9-12-5-1-2-6-14(12)21-13/h1-8,13H,9-11H2,(H,17,19)/t13-/m1/s1. The van der Waals surface area contributed by atoms with Crippen LogP contribution < -0.4 is 15.6 Å². The van der Waals surface area contributed by atoms with Gasteiger partial charge in [-0.05, 0) is 17.7 Å². The van der Waals surface area contributed by atoms with E-state index >= 15 is 0 Å². The average Bonchev–Trinajstić information content (AvgIpc) is 2.90. The molecule has 1 atom stereocenters. The van der Waals surface area contributed by atoms with E-state index in [0.717, 1.165) is 17.7 Å². The van der Waals surface area contributed by atoms with Crippen LogP contribution in [-0.4, -0.2) is 23.1 Å². The number of hydrogen-bond acceptors (Lipinski definition) is 3. The normalized spacial score (nSPS) is 16.1. The van der Waals surface area contributed by atoms with Crippen LogP contribution in [-0.2, 0) is 17.8 Å². The maximum atomic E-state index is 11.9. The summed E-state index contributed by atoms with van der Waals surface area (Å²) < 4.78 is 7.12. The number of hydrogen-bond donors (Lipinski definition) is 1. The summed E-state index contributed by atoms with van der Waals surface area (Å²) in [5, 5.41) is 2.81. The molecule has 5 heteroatoms. The number of rotatable bonds is 4. The Labute approximate surface area is 122 Å². The first-order chi connectivity index (χ1) is 10.2. The van der Waals surface area contributed by atoms with E-state index in [1.165, 1.54) is 10.6 Å². The number of para-hydroxylation sites is 1. The Kier molecular flexibility index (Phi) is 3.73. The zero-order chi connectivity index (χ0) is 14.7. The first kappa shape index (κ1) is 13.4. The van der Waals surface area contributed by atoms with Crippen LogP contribution >= 0.6 is 0 Å². The fraction of sp³-hybridized carbons (Fsp3) is 0.250. The molecule has 0 unspecified atom stereocenters. The van der Waals surface area contributed by atoms with Gasteiger partial charge in [-0.25, -0.2) is 0 Å². The van der Waals surface area contributed by atoms with Crippen molar-refractivity contribution >= 4 is 5.91 Å². The van der Waals surface area contributed by atoms with E-state index in [4.69, 9.17) is 4.74 Å². The maximum absolute atomic E-state index is 11.9. The van der Waals surface area contributed by atoms with E-state index in [2.05, 4.69) is 5.32 Å². The Morgan fingerprint density at radius 1 is 1.24 bits per heavy atom. The number of aromatic nitrogens is 1. The molecule has 0 aliphatic carbocycles. The Balaban J connectivity index is 1.52. The number of nitrogens with zero attached hydrogens (tertiary/aromatic N) is 1. The van der Waals surface area contributed by atoms with Crippen LogP contribution in [0.2, 0.25) is 0 Å². The van der Waals surface area contributed by atoms with Crippen LogP contribution in [0.1, 0.15) is 5.56 Å². The van der Waals surface area contributed by atoms with E-state index in [0.29, 0.717) is 6.54 Å². The predicted octanol–water partition coefficient (Wildman–Crippen LogP) is 0.968. The molecule has 1 N–H and O–H groups in total. The van der Waals surface area contributed by atoms with Crippen molar-refractivity contribution in [2.75, 3.05) is 6.54 Å². The third kappa shape index (κ3) is 3.13. The number of amides is 1. The number of benzene rings is 1. The zero-order valence-electron chi connectivity index (χ0n) is 11.5. The molecule has 2 heterocycles. The highest BCUT2D eigenvalue weighted by Gasteiger charge is 2.22. The number of fused-ring (bicyclic) bond motifs is 1. The number of nitrogens with one attached hydrogen (secondary N) is 1. The summed E-state index contributed by atoms with van der Waals surface area (Å²) in [5.74, 6) is 0.693. The third-order valence-corrected chi connectivity index (χ3v) is 3.45. The minimum atomic E-state index is -0.192. The fourth-order valence-corrected chi connectivity index (χ4v) is 2.40. The van der Waals surface area contributed by atoms with Gasteiger partial charge in [0.2, 0.25) is 5.91 Å². The molecule has 3 rings (SSSR count). The zero-order valence-corrected chi connectivity index (χ0v) is 11.5. The second-order valence-corrected chi connectivity index (χ2v) is 5.02. The van der Waals surface area contributed by atoms with Gasteiger partial charge in [-0.1, -0.05) is 24.3 Å². The largest absolute Gasteiger partial charge is 0.488 e. The minimum absolute atomic E-state index is 0.0271. The first-order valence-electron chi connectivity index (χ1n) is 6.89. The Hall–Kier alpha value is -2.56. The van der Waals surface area contributed by atoms with Gasteiger partial charge < -0.3 is 14.6 Å². The van der Waals surface area contributed by atoms with Crippen molar-refractivity contribution in [1.82, 2.24) is 9.88 Å². The summed E-state index contributed by atoms with van der Waals surface area (Å²) in [5.41, 5.74) is 0.980. The molecule has 2 aromatic rings. The Morgan fingerprint density at radius 3 is 2.86 bits per heavy atom. The summed E-state index contributed by atoms with van der Waals surface area (Å²) in [7, 11) is 0. The lowest BCUT2D eigenvalue weighted by Crippen LogP contribution is -2.37. The minimum Gasteiger partial charge on any atom is -0.488 e. The number of pyridine rings is 1. The quantitative estimate of drug-likeness (QED) is 0.910. The summed E-state index contributed by atoms with van der Waals surface area (Å²) in [6.45, 7) is 0.467. The van der Waals surface area contributed by atoms with Crippen molar-refractivity contribution in [3.8, 4) is 5.75 Å². The molecule has 1 amide bonds. The molecule has 0 fully saturated rings. The molecular formula is C16H16N2O3. The first-order valence-corrected chi connectivity index (χ1v) is 6.89. The average molecular weight is 284 g/mol. The lowest BCUT2D eigenvalue weighted by molar-refractivity contribution is -0.122. The summed E-state index contributed by atoms with van der Waals surface area (Å²) >= 11 is 0. The molecule has 5 nitrogen and oxygen atoms in total. The van der Waals surface area contributed by atoms with Gasteiger partial charge in [0, 0.05) is 18.7 Å². The van der Waals surface area contributed by atoms with Crippen molar-refractivity contribution < 1.29 is 9.53 Å². The monoisotopic (exact) mass is 284 g/mol. The summed E-state index contributed by atoms with van der Waals surface area (Å²) in [6, 6.07) is 12.7. The van der Waals surface area contributed by atoms with E-state index in [1.807, 2.05) is 24.3 Å². The van der Waals surface area contributed by atoms with Gasteiger partial charge in [-0.3, -0.25) is 9.59 Å². The molecule has 0 spiro atoms. The van der Waals surface area contributed by atoms with E-state index in [-0.39, 0.29) is 24.1 Å². The molecule has 0 saturated carbocycles. The maximum Gasteiger partial charge on any atom is 0.250 e. The van der Waals surface area contributed by atoms with E-state index in [9.17, 15) is 9.59 Å². The molecule has 108 valence electrons. The summed E-state index contributed by atoms with van der Waals surface area (Å²) in [6.07, 6.45) is 2.35. The second-order valence-electron chi connectivity index (χ2n) is 5.02. The number of ether oxygens (including phenoxy) is 1. The van der Waals surface area contributed by atoms with Gasteiger partial charge in [0.25, 0.3) is 5.56 Å². The molecular weight excluding hydrogens is 268 g/mol. The van der Waals surface area contributed by atoms with Crippen LogP contribution in [0, 0.1) is 0 Å². The van der Waals surface area contributed by atoms with Gasteiger partial charge in [0.15, 0.2) is 0 Å². The molecule has 1 aliphatic rings. The summed E-state index contributed by atoms with van der Waals surface area (Å²) in [4.78, 5) is 23.4. The lowest BCUT2D eigenvalue weighted by atomic mass is 10.1. The van der Waals surface area contributed by atoms with Gasteiger partial charge in [0.1, 0.15) is 18.4 Å². The molecule has 0 saturated heterocycles. The Bertz CT molecular complexity index is 683. The highest BCUT2D eigenvalue weighted by atomic mass is 16.5. The number of carbonyl (C=O) groups excluding carboxylic acids is 1. The van der Waals surface area contributed by atoms with E-state index in [1.54, 1.807) is 18.3 Å². The van der Waals surface area contributed by atoms with Gasteiger partial charge in [-0.15, -0.1) is 0 Å². The highest BCUT2D eigenvalue weighted by Crippen LogP contribution is 2.27. The van der Waals surface area contributed by atoms with Crippen LogP contribution in [0.15, 0.2) is 53.5 Å². The highest BCUT2D eigenvalue weighted by molar-refractivity contribution is 5.75. The molecule has 21 heavy (non-hydrogen) atoms. The topological polar surface area (TPSA) is 60.3 Å². The van der Waals surface area contributed by atoms with Gasteiger partial charge >= 0.3 is 0 Å². The second kappa shape index (κ2) is 5.83. The van der Waals surface area contributed by atoms with Gasteiger partial charge in [0.05, 0.1) is 6.54 Å². The van der Waals surface area contributed by atoms with Crippen molar-refractivity contribution in [3.05, 3.63) is 64.6 Å². The third-order valence-electron chi connectivity index (χ3n) is 3.45. The molecule has 1 aliphatic heterocycles. The molecule has 0 radical (unpaired) electrons. The van der Waals surface area contributed by atoms with Crippen molar-refractivity contribution in [2.24, 2.45) is 0 Å². The predicted molar refractivity (Wildman–Crippen MR) is 78.3 cm³/mol. The van der Waals surface area contributed by atoms with Crippen molar-refractivity contribution in [2.45, 2.75) is 19.1 Å². The molecule has 1 aromatic heterocycles. The van der Waals surface area contributed by atoms with Crippen LogP contribution in [0.5, 0.6) is 5.75 Å². The van der Waals surface area contributed by atoms with Crippen molar-refractivity contribution in [3.63, 3.8) is 0 Å². The van der Waals surface area contributed by atoms with E-state index < -0.39 is 0 Å². The lowest BCUT2D eigenvalue weighted by Gasteiger charge is -2.12. The van der Waals surface area contributed by atoms with Crippen LogP contribution in [0.25, 0.3) is 0 Å². The van der Waals surface area contributed by atoms with Crippen molar-refractivity contribution in [1.29, 1.82) is 0 Å². The fourth-order valence-electron chi connectivity index (χ4n) is 2.40. The number of carbonyl (C=O) groups is 1. The Morgan fingerprint density at radius 2 is 2.05 bits per heavy atom.